The summed E-state index contributed by atoms with van der Waals surface area (Å²) in [5.74, 6) is -0.722. The molecule has 1 aliphatic heterocycles. The van der Waals surface area contributed by atoms with Crippen molar-refractivity contribution >= 4 is 16.0 Å². The van der Waals surface area contributed by atoms with Gasteiger partial charge in [-0.2, -0.15) is 4.31 Å². The van der Waals surface area contributed by atoms with Crippen LogP contribution in [0.3, 0.4) is 0 Å². The largest absolute Gasteiger partial charge is 0.489 e. The molecule has 33 heavy (non-hydrogen) atoms. The Labute approximate surface area is 196 Å². The second-order valence-corrected chi connectivity index (χ2v) is 10.6. The van der Waals surface area contributed by atoms with Gasteiger partial charge in [-0.3, -0.25) is 4.79 Å². The number of unbranched alkanes of at least 4 members (excludes halogenated alkanes) is 3. The van der Waals surface area contributed by atoms with Gasteiger partial charge in [0.05, 0.1) is 10.5 Å². The van der Waals surface area contributed by atoms with Gasteiger partial charge in [0.2, 0.25) is 10.0 Å². The Hall–Kier alpha value is -2.42. The molecule has 0 radical (unpaired) electrons. The normalized spacial score (nSPS) is 21.6. The highest BCUT2D eigenvalue weighted by Gasteiger charge is 2.46. The Morgan fingerprint density at radius 3 is 2.42 bits per heavy atom. The van der Waals surface area contributed by atoms with E-state index >= 15 is 0 Å². The third-order valence-corrected chi connectivity index (χ3v) is 8.10. The molecule has 2 aromatic rings. The number of piperidine rings is 1. The summed E-state index contributed by atoms with van der Waals surface area (Å²) in [6.07, 6.45) is 4.50. The lowest BCUT2D eigenvalue weighted by Gasteiger charge is -2.41. The van der Waals surface area contributed by atoms with E-state index < -0.39 is 27.6 Å². The molecule has 1 saturated heterocycles. The Morgan fingerprint density at radius 2 is 1.79 bits per heavy atom. The third-order valence-electron chi connectivity index (χ3n) is 6.18. The number of carboxylic acid groups (broad SMARTS) is 1. The van der Waals surface area contributed by atoms with E-state index in [1.54, 1.807) is 12.1 Å². The molecule has 8 heteroatoms. The predicted molar refractivity (Wildman–Crippen MR) is 125 cm³/mol. The van der Waals surface area contributed by atoms with Crippen LogP contribution in [0.25, 0.3) is 0 Å². The fourth-order valence-electron chi connectivity index (χ4n) is 4.23. The predicted octanol–water partition coefficient (Wildman–Crippen LogP) is 4.20. The zero-order chi connectivity index (χ0) is 23.9. The number of hydrogen-bond donors (Lipinski definition) is 2. The average Bonchev–Trinajstić information content (AvgIpc) is 2.81. The van der Waals surface area contributed by atoms with Gasteiger partial charge in [-0.25, -0.2) is 8.42 Å². The van der Waals surface area contributed by atoms with Crippen LogP contribution in [0.15, 0.2) is 59.5 Å². The molecule has 2 aromatic carbocycles. The minimum Gasteiger partial charge on any atom is -0.489 e. The van der Waals surface area contributed by atoms with E-state index in [2.05, 4.69) is 6.92 Å². The van der Waals surface area contributed by atoms with Crippen LogP contribution in [-0.4, -0.2) is 47.1 Å². The molecular weight excluding hydrogens is 442 g/mol. The Bertz CT molecular complexity index is 1010. The number of sulfonamides is 1. The monoisotopic (exact) mass is 475 g/mol. The van der Waals surface area contributed by atoms with Crippen molar-refractivity contribution in [1.29, 1.82) is 0 Å². The zero-order valence-corrected chi connectivity index (χ0v) is 19.8. The molecule has 0 spiro atoms. The minimum absolute atomic E-state index is 0.00852. The SMILES string of the molecule is CCCCCCC1(O)CCN(S(=O)(=O)c2ccc(OCc3ccccc3)cc2)C(C(=O)O)C1. The van der Waals surface area contributed by atoms with Crippen LogP contribution in [-0.2, 0) is 21.4 Å². The average molecular weight is 476 g/mol. The smallest absolute Gasteiger partial charge is 0.322 e. The fraction of sp³-hybridized carbons (Fsp3) is 0.480. The number of carbonyl (C=O) groups is 1. The van der Waals surface area contributed by atoms with Gasteiger partial charge in [0.25, 0.3) is 0 Å². The van der Waals surface area contributed by atoms with E-state index in [1.807, 2.05) is 30.3 Å². The summed E-state index contributed by atoms with van der Waals surface area (Å²) in [4.78, 5) is 12.0. The molecule has 0 aromatic heterocycles. The van der Waals surface area contributed by atoms with Gasteiger partial charge in [-0.15, -0.1) is 0 Å². The van der Waals surface area contributed by atoms with Crippen molar-refractivity contribution in [2.45, 2.75) is 75.0 Å². The summed E-state index contributed by atoms with van der Waals surface area (Å²) in [6.45, 7) is 2.42. The van der Waals surface area contributed by atoms with Crippen molar-refractivity contribution < 1.29 is 28.2 Å². The molecule has 3 rings (SSSR count). The highest BCUT2D eigenvalue weighted by Crippen LogP contribution is 2.35. The molecule has 2 unspecified atom stereocenters. The van der Waals surface area contributed by atoms with E-state index in [0.717, 1.165) is 35.6 Å². The number of carboxylic acids is 1. The summed E-state index contributed by atoms with van der Waals surface area (Å²) in [5.41, 5.74) is -0.160. The van der Waals surface area contributed by atoms with Crippen molar-refractivity contribution in [1.82, 2.24) is 4.31 Å². The van der Waals surface area contributed by atoms with E-state index in [9.17, 15) is 23.4 Å². The first-order valence-electron chi connectivity index (χ1n) is 11.5. The molecule has 1 fully saturated rings. The molecule has 180 valence electrons. The van der Waals surface area contributed by atoms with Gasteiger partial charge in [0, 0.05) is 13.0 Å². The quantitative estimate of drug-likeness (QED) is 0.472. The second-order valence-electron chi connectivity index (χ2n) is 8.70. The highest BCUT2D eigenvalue weighted by molar-refractivity contribution is 7.89. The van der Waals surface area contributed by atoms with Gasteiger partial charge in [-0.05, 0) is 42.7 Å². The van der Waals surface area contributed by atoms with Crippen LogP contribution in [0.5, 0.6) is 5.75 Å². The van der Waals surface area contributed by atoms with Gasteiger partial charge < -0.3 is 14.9 Å². The number of aliphatic carboxylic acids is 1. The molecule has 2 atom stereocenters. The molecule has 1 heterocycles. The fourth-order valence-corrected chi connectivity index (χ4v) is 5.81. The van der Waals surface area contributed by atoms with Crippen molar-refractivity contribution in [3.63, 3.8) is 0 Å². The summed E-state index contributed by atoms with van der Waals surface area (Å²) < 4.78 is 33.2. The Morgan fingerprint density at radius 1 is 1.09 bits per heavy atom. The second kappa shape index (κ2) is 11.1. The van der Waals surface area contributed by atoms with Crippen molar-refractivity contribution in [2.24, 2.45) is 0 Å². The van der Waals surface area contributed by atoms with E-state index in [4.69, 9.17) is 4.74 Å². The lowest BCUT2D eigenvalue weighted by Crippen LogP contribution is -2.55. The first-order valence-corrected chi connectivity index (χ1v) is 12.9. The van der Waals surface area contributed by atoms with Gasteiger partial charge in [-0.1, -0.05) is 62.9 Å². The van der Waals surface area contributed by atoms with Gasteiger partial charge in [0.15, 0.2) is 0 Å². The van der Waals surface area contributed by atoms with Crippen LogP contribution < -0.4 is 4.74 Å². The Balaban J connectivity index is 1.68. The number of hydrogen-bond acceptors (Lipinski definition) is 5. The van der Waals surface area contributed by atoms with E-state index in [1.165, 1.54) is 12.1 Å². The molecule has 1 aliphatic rings. The molecule has 0 amide bonds. The summed E-state index contributed by atoms with van der Waals surface area (Å²) in [7, 11) is -4.03. The summed E-state index contributed by atoms with van der Waals surface area (Å²) in [6, 6.07) is 14.3. The van der Waals surface area contributed by atoms with Crippen LogP contribution in [0.4, 0.5) is 0 Å². The molecule has 0 bridgehead atoms. The number of ether oxygens (including phenoxy) is 1. The Kier molecular flexibility index (Phi) is 8.51. The first kappa shape index (κ1) is 25.2. The maximum absolute atomic E-state index is 13.2. The van der Waals surface area contributed by atoms with Crippen molar-refractivity contribution in [3.8, 4) is 5.75 Å². The maximum Gasteiger partial charge on any atom is 0.322 e. The molecule has 0 saturated carbocycles. The maximum atomic E-state index is 13.2. The van der Waals surface area contributed by atoms with Crippen molar-refractivity contribution in [2.75, 3.05) is 6.54 Å². The van der Waals surface area contributed by atoms with Crippen LogP contribution in [0, 0.1) is 0 Å². The van der Waals surface area contributed by atoms with Crippen LogP contribution >= 0.6 is 0 Å². The highest BCUT2D eigenvalue weighted by atomic mass is 32.2. The number of rotatable bonds is 11. The van der Waals surface area contributed by atoms with E-state index in [-0.39, 0.29) is 24.3 Å². The molecule has 2 N–H and O–H groups in total. The number of benzene rings is 2. The topological polar surface area (TPSA) is 104 Å². The van der Waals surface area contributed by atoms with E-state index in [0.29, 0.717) is 18.8 Å². The van der Waals surface area contributed by atoms with Gasteiger partial charge in [0.1, 0.15) is 18.4 Å². The third kappa shape index (κ3) is 6.56. The van der Waals surface area contributed by atoms with Gasteiger partial charge >= 0.3 is 5.97 Å². The first-order chi connectivity index (χ1) is 15.7. The van der Waals surface area contributed by atoms with Crippen LogP contribution in [0.2, 0.25) is 0 Å². The molecular formula is C25H33NO6S. The lowest BCUT2D eigenvalue weighted by molar-refractivity contribution is -0.147. The molecule has 7 nitrogen and oxygen atoms in total. The summed E-state index contributed by atoms with van der Waals surface area (Å²) >= 11 is 0. The number of aliphatic hydroxyl groups is 1. The molecule has 0 aliphatic carbocycles. The minimum atomic E-state index is -4.03. The van der Waals surface area contributed by atoms with Crippen LogP contribution in [0.1, 0.15) is 57.4 Å². The van der Waals surface area contributed by atoms with Crippen molar-refractivity contribution in [3.05, 3.63) is 60.2 Å². The standard InChI is InChI=1S/C25H33NO6S/c1-2-3-4-8-15-25(29)16-17-26(23(18-25)24(27)28)33(30,31)22-13-11-21(12-14-22)32-19-20-9-6-5-7-10-20/h5-7,9-14,23,29H,2-4,8,15-19H2,1H3,(H,27,28). The zero-order valence-electron chi connectivity index (χ0n) is 19.0. The lowest BCUT2D eigenvalue weighted by atomic mass is 9.83. The number of nitrogens with zero attached hydrogens (tertiary/aromatic N) is 1. The summed E-state index contributed by atoms with van der Waals surface area (Å²) in [5, 5.41) is 20.7.